The Labute approximate surface area is 357 Å². The molecule has 1 aliphatic heterocycles. The molecule has 0 saturated heterocycles. The van der Waals surface area contributed by atoms with Crippen molar-refractivity contribution in [2.75, 3.05) is 9.80 Å². The van der Waals surface area contributed by atoms with Crippen molar-refractivity contribution in [2.45, 2.75) is 66.2 Å². The first-order valence-electron chi connectivity index (χ1n) is 19.7. The molecule has 0 atom stereocenters. The van der Waals surface area contributed by atoms with Crippen LogP contribution in [0, 0.1) is 32.6 Å². The van der Waals surface area contributed by atoms with Crippen molar-refractivity contribution in [1.29, 1.82) is 0 Å². The first-order chi connectivity index (χ1) is 27.3. The fourth-order valence-corrected chi connectivity index (χ4v) is 7.91. The van der Waals surface area contributed by atoms with Gasteiger partial charge in [-0.1, -0.05) is 102 Å². The van der Waals surface area contributed by atoms with Gasteiger partial charge in [-0.25, -0.2) is 4.98 Å². The van der Waals surface area contributed by atoms with Crippen LogP contribution in [0.25, 0.3) is 38.8 Å². The summed E-state index contributed by atoms with van der Waals surface area (Å²) in [5.41, 5.74) is 13.6. The standard InChI is InChI=1S/C52H47N4O.Pt/c1-34-24-35(2)26-41(25-34)55-33-54(47-18-11-12-19-48(47)55)40-14-13-15-42(31-40)57-43-20-21-45-44-16-9-10-17-46(44)56(49(45)32-43)50-29-36(22-23-53-50)37-27-38(51(3,4)5)30-39(28-37)52(6,7)8;/h9-30,33H,1-8H3;/q-3;. The molecule has 0 bridgehead atoms. The van der Waals surface area contributed by atoms with E-state index >= 15 is 0 Å². The van der Waals surface area contributed by atoms with Crippen LogP contribution in [0.3, 0.4) is 0 Å². The number of ether oxygens (including phenoxy) is 1. The number of aromatic nitrogens is 2. The second-order valence-electron chi connectivity index (χ2n) is 17.3. The molecule has 0 N–H and O–H groups in total. The summed E-state index contributed by atoms with van der Waals surface area (Å²) in [6, 6.07) is 52.3. The Morgan fingerprint density at radius 1 is 0.586 bits per heavy atom. The number of pyridine rings is 1. The minimum absolute atomic E-state index is 0. The van der Waals surface area contributed by atoms with Crippen molar-refractivity contribution >= 4 is 44.6 Å². The second-order valence-corrected chi connectivity index (χ2v) is 17.3. The Balaban J connectivity index is 0.00000469. The molecule has 0 saturated carbocycles. The molecule has 0 radical (unpaired) electrons. The van der Waals surface area contributed by atoms with Crippen molar-refractivity contribution < 1.29 is 25.8 Å². The smallest absolute Gasteiger partial charge is 0.136 e. The number of fused-ring (bicyclic) bond motifs is 4. The van der Waals surface area contributed by atoms with E-state index in [1.807, 2.05) is 24.4 Å². The molecule has 6 heteroatoms. The molecule has 0 spiro atoms. The number of hydrogen-bond acceptors (Lipinski definition) is 4. The minimum Gasteiger partial charge on any atom is -0.509 e. The molecule has 6 aromatic carbocycles. The Morgan fingerprint density at radius 3 is 1.95 bits per heavy atom. The zero-order valence-corrected chi connectivity index (χ0v) is 36.6. The molecular weight excluding hydrogens is 892 g/mol. The Hall–Kier alpha value is -5.64. The van der Waals surface area contributed by atoms with Gasteiger partial charge in [-0.2, -0.15) is 12.1 Å². The predicted molar refractivity (Wildman–Crippen MR) is 237 cm³/mol. The van der Waals surface area contributed by atoms with E-state index in [9.17, 15) is 0 Å². The van der Waals surface area contributed by atoms with Gasteiger partial charge in [0.2, 0.25) is 0 Å². The minimum atomic E-state index is 0. The number of hydrogen-bond donors (Lipinski definition) is 0. The van der Waals surface area contributed by atoms with E-state index < -0.39 is 0 Å². The van der Waals surface area contributed by atoms with Gasteiger partial charge in [0.25, 0.3) is 0 Å². The summed E-state index contributed by atoms with van der Waals surface area (Å²) in [4.78, 5) is 9.37. The summed E-state index contributed by atoms with van der Waals surface area (Å²) in [6.07, 6.45) is 1.92. The molecular formula is C52H47N4OPt-3. The van der Waals surface area contributed by atoms with Crippen molar-refractivity contribution in [3.05, 3.63) is 175 Å². The van der Waals surface area contributed by atoms with Crippen LogP contribution >= 0.6 is 0 Å². The van der Waals surface area contributed by atoms with Gasteiger partial charge in [0.1, 0.15) is 5.82 Å². The topological polar surface area (TPSA) is 33.5 Å². The summed E-state index contributed by atoms with van der Waals surface area (Å²) in [6.45, 7) is 20.1. The van der Waals surface area contributed by atoms with Gasteiger partial charge in [0, 0.05) is 61.3 Å². The van der Waals surface area contributed by atoms with Crippen LogP contribution in [0.2, 0.25) is 0 Å². The van der Waals surface area contributed by atoms with E-state index in [4.69, 9.17) is 9.72 Å². The van der Waals surface area contributed by atoms with Crippen LogP contribution in [0.15, 0.2) is 134 Å². The molecule has 1 aliphatic rings. The van der Waals surface area contributed by atoms with E-state index in [-0.39, 0.29) is 31.9 Å². The molecule has 58 heavy (non-hydrogen) atoms. The molecule has 0 fully saturated rings. The van der Waals surface area contributed by atoms with Crippen LogP contribution < -0.4 is 14.5 Å². The van der Waals surface area contributed by atoms with Crippen LogP contribution in [-0.2, 0) is 31.9 Å². The fourth-order valence-electron chi connectivity index (χ4n) is 7.91. The van der Waals surface area contributed by atoms with E-state index in [0.29, 0.717) is 11.5 Å². The number of anilines is 4. The van der Waals surface area contributed by atoms with E-state index in [0.717, 1.165) is 55.9 Å². The molecule has 3 heterocycles. The van der Waals surface area contributed by atoms with Gasteiger partial charge < -0.3 is 19.1 Å². The Morgan fingerprint density at radius 2 is 1.24 bits per heavy atom. The van der Waals surface area contributed by atoms with Gasteiger partial charge in [-0.3, -0.25) is 0 Å². The Kier molecular flexibility index (Phi) is 10.1. The van der Waals surface area contributed by atoms with Gasteiger partial charge in [-0.05, 0) is 106 Å². The average Bonchev–Trinajstić information content (AvgIpc) is 3.73. The van der Waals surface area contributed by atoms with Crippen molar-refractivity contribution in [3.63, 3.8) is 0 Å². The number of nitrogens with zero attached hydrogens (tertiary/aromatic N) is 4. The summed E-state index contributed by atoms with van der Waals surface area (Å²) in [5, 5.41) is 2.22. The molecule has 2 aromatic heterocycles. The Bertz CT molecular complexity index is 2770. The third-order valence-corrected chi connectivity index (χ3v) is 10.9. The first kappa shape index (κ1) is 39.2. The van der Waals surface area contributed by atoms with Crippen molar-refractivity contribution in [2.24, 2.45) is 0 Å². The summed E-state index contributed by atoms with van der Waals surface area (Å²) >= 11 is 0. The van der Waals surface area contributed by atoms with Gasteiger partial charge in [-0.15, -0.1) is 48.1 Å². The molecule has 9 rings (SSSR count). The van der Waals surface area contributed by atoms with Crippen molar-refractivity contribution in [1.82, 2.24) is 9.55 Å². The van der Waals surface area contributed by atoms with Gasteiger partial charge >= 0.3 is 0 Å². The maximum absolute atomic E-state index is 6.59. The predicted octanol–water partition coefficient (Wildman–Crippen LogP) is 13.9. The van der Waals surface area contributed by atoms with E-state index in [1.54, 1.807) is 0 Å². The van der Waals surface area contributed by atoms with Crippen LogP contribution in [-0.4, -0.2) is 9.55 Å². The zero-order valence-electron chi connectivity index (χ0n) is 34.3. The largest absolute Gasteiger partial charge is 0.509 e. The van der Waals surface area contributed by atoms with Gasteiger partial charge in [0.05, 0.1) is 0 Å². The normalized spacial score (nSPS) is 12.9. The summed E-state index contributed by atoms with van der Waals surface area (Å²) in [7, 11) is 0. The first-order valence-corrected chi connectivity index (χ1v) is 19.7. The molecule has 294 valence electrons. The maximum Gasteiger partial charge on any atom is 0.136 e. The van der Waals surface area contributed by atoms with Crippen LogP contribution in [0.4, 0.5) is 22.7 Å². The molecule has 0 aliphatic carbocycles. The average molecular weight is 939 g/mol. The number of aryl methyl sites for hydroxylation is 2. The van der Waals surface area contributed by atoms with Crippen LogP contribution in [0.5, 0.6) is 11.5 Å². The van der Waals surface area contributed by atoms with E-state index in [2.05, 4.69) is 198 Å². The number of rotatable bonds is 6. The third-order valence-electron chi connectivity index (χ3n) is 10.9. The van der Waals surface area contributed by atoms with Crippen LogP contribution in [0.1, 0.15) is 63.8 Å². The third kappa shape index (κ3) is 7.33. The van der Waals surface area contributed by atoms with E-state index in [1.165, 1.54) is 27.8 Å². The summed E-state index contributed by atoms with van der Waals surface area (Å²) in [5.74, 6) is 2.04. The second kappa shape index (κ2) is 14.9. The molecule has 5 nitrogen and oxygen atoms in total. The monoisotopic (exact) mass is 938 g/mol. The number of benzene rings is 6. The molecule has 0 amide bonds. The molecule has 8 aromatic rings. The summed E-state index contributed by atoms with van der Waals surface area (Å²) < 4.78 is 8.79. The fraction of sp³-hybridized carbons (Fsp3) is 0.192. The SMILES string of the molecule is Cc1cc(C)cc(N2[CH-]N(c3[c-]c(Oc4[c-]c5c(cc4)c4ccccc4n5-c4cc(-c5cc(C(C)(C)C)cc(C(C)(C)C)c5)ccn4)ccc3)c3ccccc32)c1.[Pt]. The quantitative estimate of drug-likeness (QED) is 0.156. The van der Waals surface area contributed by atoms with Crippen molar-refractivity contribution in [3.8, 4) is 28.4 Å². The van der Waals surface area contributed by atoms with Gasteiger partial charge in [0.15, 0.2) is 0 Å². The number of para-hydroxylation sites is 3. The zero-order chi connectivity index (χ0) is 39.6. The maximum atomic E-state index is 6.59. The molecule has 0 unspecified atom stereocenters.